The molecule has 0 N–H and O–H groups in total. The van der Waals surface area contributed by atoms with Gasteiger partial charge in [0.15, 0.2) is 6.73 Å². The lowest BCUT2D eigenvalue weighted by molar-refractivity contribution is 0.145. The largest absolute Gasteiger partial charge is 0.493 e. The standard InChI is InChI=1S/C17H27N3O2/c1-3-20-14-22-17-13-15(5-6-16(17)20)21-12-4-7-19-10-8-18(2)9-11-19/h5-6,13H,3-4,7-12,14H2,1-2H3. The Morgan fingerprint density at radius 3 is 2.77 bits per heavy atom. The first kappa shape index (κ1) is 15.4. The highest BCUT2D eigenvalue weighted by Gasteiger charge is 2.19. The third kappa shape index (κ3) is 3.65. The molecule has 0 saturated carbocycles. The third-order valence-electron chi connectivity index (χ3n) is 4.51. The SMILES string of the molecule is CCN1COc2cc(OCCCN3CCN(C)CC3)ccc21. The molecule has 0 aromatic heterocycles. The predicted molar refractivity (Wildman–Crippen MR) is 89.0 cm³/mol. The molecule has 0 atom stereocenters. The molecule has 5 heteroatoms. The van der Waals surface area contributed by atoms with Gasteiger partial charge in [-0.1, -0.05) is 0 Å². The first-order valence-corrected chi connectivity index (χ1v) is 8.32. The van der Waals surface area contributed by atoms with E-state index in [0.717, 1.165) is 37.6 Å². The normalized spacial score (nSPS) is 19.1. The average Bonchev–Trinajstić information content (AvgIpc) is 2.95. The highest BCUT2D eigenvalue weighted by molar-refractivity contribution is 5.63. The van der Waals surface area contributed by atoms with Crippen LogP contribution in [0.3, 0.4) is 0 Å². The van der Waals surface area contributed by atoms with E-state index in [1.54, 1.807) is 0 Å². The monoisotopic (exact) mass is 305 g/mol. The van der Waals surface area contributed by atoms with E-state index in [4.69, 9.17) is 9.47 Å². The first-order chi connectivity index (χ1) is 10.8. The van der Waals surface area contributed by atoms with Crippen molar-refractivity contribution in [2.24, 2.45) is 0 Å². The van der Waals surface area contributed by atoms with Gasteiger partial charge < -0.3 is 24.2 Å². The molecule has 0 amide bonds. The first-order valence-electron chi connectivity index (χ1n) is 8.32. The Labute approximate surface area is 133 Å². The van der Waals surface area contributed by atoms with E-state index in [0.29, 0.717) is 6.73 Å². The van der Waals surface area contributed by atoms with Crippen LogP contribution < -0.4 is 14.4 Å². The van der Waals surface area contributed by atoms with Crippen LogP contribution in [-0.4, -0.2) is 69.5 Å². The molecule has 2 heterocycles. The molecule has 0 unspecified atom stereocenters. The molecule has 0 spiro atoms. The lowest BCUT2D eigenvalue weighted by Crippen LogP contribution is -2.44. The van der Waals surface area contributed by atoms with Crippen LogP contribution in [0.15, 0.2) is 18.2 Å². The van der Waals surface area contributed by atoms with Crippen LogP contribution in [0.4, 0.5) is 5.69 Å². The summed E-state index contributed by atoms with van der Waals surface area (Å²) in [6.45, 7) is 10.4. The van der Waals surface area contributed by atoms with Gasteiger partial charge in [-0.3, -0.25) is 0 Å². The number of likely N-dealkylation sites (N-methyl/N-ethyl adjacent to an activating group) is 1. The fourth-order valence-electron chi connectivity index (χ4n) is 2.99. The molecular weight excluding hydrogens is 278 g/mol. The Morgan fingerprint density at radius 2 is 2.00 bits per heavy atom. The quantitative estimate of drug-likeness (QED) is 0.748. The fraction of sp³-hybridized carbons (Fsp3) is 0.647. The van der Waals surface area contributed by atoms with E-state index in [9.17, 15) is 0 Å². The highest BCUT2D eigenvalue weighted by Crippen LogP contribution is 2.36. The topological polar surface area (TPSA) is 28.2 Å². The van der Waals surface area contributed by atoms with Gasteiger partial charge in [-0.2, -0.15) is 0 Å². The molecule has 0 bridgehead atoms. The van der Waals surface area contributed by atoms with E-state index < -0.39 is 0 Å². The number of fused-ring (bicyclic) bond motifs is 1. The summed E-state index contributed by atoms with van der Waals surface area (Å²) in [5, 5.41) is 0. The molecule has 2 aliphatic heterocycles. The van der Waals surface area contributed by atoms with Crippen LogP contribution in [0.2, 0.25) is 0 Å². The summed E-state index contributed by atoms with van der Waals surface area (Å²) in [4.78, 5) is 7.12. The maximum atomic E-state index is 5.88. The smallest absolute Gasteiger partial charge is 0.161 e. The Bertz CT molecular complexity index is 487. The number of anilines is 1. The minimum atomic E-state index is 0.651. The number of piperazine rings is 1. The van der Waals surface area contributed by atoms with Crippen LogP contribution in [0.25, 0.3) is 0 Å². The Morgan fingerprint density at radius 1 is 1.18 bits per heavy atom. The van der Waals surface area contributed by atoms with Crippen molar-refractivity contribution >= 4 is 5.69 Å². The lowest BCUT2D eigenvalue weighted by atomic mass is 10.2. The van der Waals surface area contributed by atoms with Crippen molar-refractivity contribution in [1.82, 2.24) is 9.80 Å². The molecule has 3 rings (SSSR count). The van der Waals surface area contributed by atoms with Crippen molar-refractivity contribution in [2.75, 3.05) is 64.6 Å². The average molecular weight is 305 g/mol. The molecule has 1 aromatic carbocycles. The highest BCUT2D eigenvalue weighted by atomic mass is 16.5. The number of rotatable bonds is 6. The van der Waals surface area contributed by atoms with Crippen molar-refractivity contribution in [3.8, 4) is 11.5 Å². The molecule has 0 radical (unpaired) electrons. The predicted octanol–water partition coefficient (Wildman–Crippen LogP) is 1.88. The summed E-state index contributed by atoms with van der Waals surface area (Å²) < 4.78 is 11.6. The Kier molecular flexibility index (Phi) is 5.05. The van der Waals surface area contributed by atoms with Gasteiger partial charge in [0.05, 0.1) is 12.3 Å². The van der Waals surface area contributed by atoms with Crippen LogP contribution in [0.5, 0.6) is 11.5 Å². The zero-order chi connectivity index (χ0) is 15.4. The van der Waals surface area contributed by atoms with Crippen LogP contribution >= 0.6 is 0 Å². The number of hydrogen-bond donors (Lipinski definition) is 0. The summed E-state index contributed by atoms with van der Waals surface area (Å²) in [6.07, 6.45) is 1.07. The second-order valence-electron chi connectivity index (χ2n) is 6.11. The maximum Gasteiger partial charge on any atom is 0.161 e. The third-order valence-corrected chi connectivity index (χ3v) is 4.51. The molecule has 5 nitrogen and oxygen atoms in total. The van der Waals surface area contributed by atoms with Crippen molar-refractivity contribution in [3.05, 3.63) is 18.2 Å². The Hall–Kier alpha value is -1.46. The van der Waals surface area contributed by atoms with E-state index in [1.807, 2.05) is 12.1 Å². The molecule has 1 aromatic rings. The van der Waals surface area contributed by atoms with Gasteiger partial charge in [0.1, 0.15) is 11.5 Å². The van der Waals surface area contributed by atoms with Crippen molar-refractivity contribution < 1.29 is 9.47 Å². The van der Waals surface area contributed by atoms with Crippen LogP contribution in [-0.2, 0) is 0 Å². The minimum absolute atomic E-state index is 0.651. The molecule has 1 saturated heterocycles. The molecule has 0 aliphatic carbocycles. The van der Waals surface area contributed by atoms with Crippen molar-refractivity contribution in [1.29, 1.82) is 0 Å². The van der Waals surface area contributed by atoms with Gasteiger partial charge in [-0.15, -0.1) is 0 Å². The zero-order valence-electron chi connectivity index (χ0n) is 13.8. The summed E-state index contributed by atoms with van der Waals surface area (Å²) in [6, 6.07) is 6.16. The molecule has 122 valence electrons. The summed E-state index contributed by atoms with van der Waals surface area (Å²) in [5.41, 5.74) is 1.17. The zero-order valence-corrected chi connectivity index (χ0v) is 13.8. The van der Waals surface area contributed by atoms with Gasteiger partial charge in [0.2, 0.25) is 0 Å². The van der Waals surface area contributed by atoms with E-state index in [1.165, 1.54) is 31.9 Å². The summed E-state index contributed by atoms with van der Waals surface area (Å²) in [7, 11) is 2.19. The molecular formula is C17H27N3O2. The van der Waals surface area contributed by atoms with Crippen molar-refractivity contribution in [3.63, 3.8) is 0 Å². The van der Waals surface area contributed by atoms with Gasteiger partial charge >= 0.3 is 0 Å². The van der Waals surface area contributed by atoms with Crippen molar-refractivity contribution in [2.45, 2.75) is 13.3 Å². The van der Waals surface area contributed by atoms with Gasteiger partial charge in [-0.25, -0.2) is 0 Å². The summed E-state index contributed by atoms with van der Waals surface area (Å²) in [5.74, 6) is 1.86. The van der Waals surface area contributed by atoms with Gasteiger partial charge in [0, 0.05) is 45.3 Å². The second kappa shape index (κ2) is 7.20. The number of ether oxygens (including phenoxy) is 2. The molecule has 1 fully saturated rings. The molecule has 2 aliphatic rings. The van der Waals surface area contributed by atoms with E-state index in [-0.39, 0.29) is 0 Å². The lowest BCUT2D eigenvalue weighted by Gasteiger charge is -2.32. The minimum Gasteiger partial charge on any atom is -0.493 e. The molecule has 22 heavy (non-hydrogen) atoms. The summed E-state index contributed by atoms with van der Waals surface area (Å²) >= 11 is 0. The van der Waals surface area contributed by atoms with Crippen LogP contribution in [0.1, 0.15) is 13.3 Å². The second-order valence-corrected chi connectivity index (χ2v) is 6.11. The van der Waals surface area contributed by atoms with E-state index in [2.05, 4.69) is 34.7 Å². The van der Waals surface area contributed by atoms with E-state index >= 15 is 0 Å². The number of hydrogen-bond acceptors (Lipinski definition) is 5. The van der Waals surface area contributed by atoms with Gasteiger partial charge in [0.25, 0.3) is 0 Å². The number of benzene rings is 1. The Balaban J connectivity index is 1.41. The fourth-order valence-corrected chi connectivity index (χ4v) is 2.99. The van der Waals surface area contributed by atoms with Gasteiger partial charge in [-0.05, 0) is 32.5 Å². The maximum absolute atomic E-state index is 5.88. The van der Waals surface area contributed by atoms with Crippen LogP contribution in [0, 0.1) is 0 Å². The number of nitrogens with zero attached hydrogens (tertiary/aromatic N) is 3.